The highest BCUT2D eigenvalue weighted by Gasteiger charge is 2.45. The van der Waals surface area contributed by atoms with Gasteiger partial charge in [-0.1, -0.05) is 23.2 Å². The van der Waals surface area contributed by atoms with E-state index in [0.29, 0.717) is 16.8 Å². The van der Waals surface area contributed by atoms with Crippen LogP contribution in [0.2, 0.25) is 10.2 Å². The molecule has 0 atom stereocenters. The Kier molecular flexibility index (Phi) is 2.66. The highest BCUT2D eigenvalue weighted by Crippen LogP contribution is 2.48. The first-order valence-electron chi connectivity index (χ1n) is 4.31. The monoisotopic (exact) mass is 232 g/mol. The zero-order valence-electron chi connectivity index (χ0n) is 7.46. The summed E-state index contributed by atoms with van der Waals surface area (Å²) < 4.78 is 0. The fourth-order valence-corrected chi connectivity index (χ4v) is 1.81. The van der Waals surface area contributed by atoms with Gasteiger partial charge in [0, 0.05) is 11.6 Å². The maximum Gasteiger partial charge on any atom is 0.147 e. The van der Waals surface area contributed by atoms with Crippen LogP contribution < -0.4 is 5.90 Å². The zero-order chi connectivity index (χ0) is 10.2. The minimum absolute atomic E-state index is 0.0238. The molecule has 0 unspecified atom stereocenters. The summed E-state index contributed by atoms with van der Waals surface area (Å²) in [7, 11) is 0. The van der Waals surface area contributed by atoms with E-state index in [0.717, 1.165) is 18.4 Å². The van der Waals surface area contributed by atoms with Crippen LogP contribution in [0, 0.1) is 0 Å². The van der Waals surface area contributed by atoms with Crippen LogP contribution in [-0.2, 0) is 10.3 Å². The van der Waals surface area contributed by atoms with Gasteiger partial charge in [-0.05, 0) is 24.5 Å². The average molecular weight is 233 g/mol. The van der Waals surface area contributed by atoms with Crippen molar-refractivity contribution in [1.82, 2.24) is 4.98 Å². The standard InChI is InChI=1S/C9H10Cl2N2O/c10-7-3-6(4-13-8(7)11)9(1-2-9)5-14-12/h3-4H,1-2,5,12H2. The second kappa shape index (κ2) is 3.66. The highest BCUT2D eigenvalue weighted by molar-refractivity contribution is 6.41. The normalized spacial score (nSPS) is 18.2. The van der Waals surface area contributed by atoms with E-state index in [1.165, 1.54) is 0 Å². The van der Waals surface area contributed by atoms with Gasteiger partial charge in [0.15, 0.2) is 0 Å². The third-order valence-corrected chi connectivity index (χ3v) is 3.31. The van der Waals surface area contributed by atoms with Crippen LogP contribution in [0.3, 0.4) is 0 Å². The lowest BCUT2D eigenvalue weighted by Gasteiger charge is -2.13. The largest absolute Gasteiger partial charge is 0.304 e. The molecule has 0 aromatic carbocycles. The summed E-state index contributed by atoms with van der Waals surface area (Å²) in [5, 5.41) is 0.812. The van der Waals surface area contributed by atoms with E-state index in [2.05, 4.69) is 9.82 Å². The Balaban J connectivity index is 2.28. The highest BCUT2D eigenvalue weighted by atomic mass is 35.5. The SMILES string of the molecule is NOCC1(c2cnc(Cl)c(Cl)c2)CC1. The van der Waals surface area contributed by atoms with Crippen molar-refractivity contribution in [1.29, 1.82) is 0 Å². The van der Waals surface area contributed by atoms with Crippen LogP contribution in [0.15, 0.2) is 12.3 Å². The lowest BCUT2D eigenvalue weighted by atomic mass is 9.99. The topological polar surface area (TPSA) is 48.1 Å². The van der Waals surface area contributed by atoms with Crippen LogP contribution in [-0.4, -0.2) is 11.6 Å². The summed E-state index contributed by atoms with van der Waals surface area (Å²) in [6, 6.07) is 1.84. The summed E-state index contributed by atoms with van der Waals surface area (Å²) in [6.07, 6.45) is 3.86. The van der Waals surface area contributed by atoms with E-state index >= 15 is 0 Å². The lowest BCUT2D eigenvalue weighted by Crippen LogP contribution is -2.18. The fraction of sp³-hybridized carbons (Fsp3) is 0.444. The second-order valence-electron chi connectivity index (χ2n) is 3.59. The van der Waals surface area contributed by atoms with Crippen molar-refractivity contribution in [3.05, 3.63) is 28.0 Å². The summed E-state index contributed by atoms with van der Waals surface area (Å²) in [6.45, 7) is 0.507. The summed E-state index contributed by atoms with van der Waals surface area (Å²) in [5.41, 5.74) is 1.08. The number of aromatic nitrogens is 1. The molecule has 2 rings (SSSR count). The van der Waals surface area contributed by atoms with Gasteiger partial charge in [-0.25, -0.2) is 10.9 Å². The van der Waals surface area contributed by atoms with E-state index in [1.54, 1.807) is 6.20 Å². The van der Waals surface area contributed by atoms with Gasteiger partial charge < -0.3 is 4.84 Å². The molecular weight excluding hydrogens is 223 g/mol. The summed E-state index contributed by atoms with van der Waals surface area (Å²) in [4.78, 5) is 8.69. The molecule has 14 heavy (non-hydrogen) atoms. The maximum atomic E-state index is 5.88. The average Bonchev–Trinajstić information content (AvgIpc) is 2.91. The van der Waals surface area contributed by atoms with Crippen LogP contribution in [0.5, 0.6) is 0 Å². The Labute approximate surface area is 92.1 Å². The molecule has 1 aliphatic rings. The molecule has 1 aromatic heterocycles. The summed E-state index contributed by atoms with van der Waals surface area (Å²) in [5.74, 6) is 5.08. The van der Waals surface area contributed by atoms with Gasteiger partial charge in [-0.3, -0.25) is 0 Å². The first-order chi connectivity index (χ1) is 6.68. The number of halogens is 2. The molecule has 0 saturated heterocycles. The first kappa shape index (κ1) is 10.2. The molecule has 0 bridgehead atoms. The number of hydrogen-bond donors (Lipinski definition) is 1. The fourth-order valence-electron chi connectivity index (χ4n) is 1.54. The minimum atomic E-state index is 0.0238. The van der Waals surface area contributed by atoms with Crippen LogP contribution in [0.4, 0.5) is 0 Å². The van der Waals surface area contributed by atoms with Gasteiger partial charge in [-0.2, -0.15) is 0 Å². The van der Waals surface area contributed by atoms with E-state index < -0.39 is 0 Å². The zero-order valence-corrected chi connectivity index (χ0v) is 8.98. The van der Waals surface area contributed by atoms with Crippen molar-refractivity contribution in [2.45, 2.75) is 18.3 Å². The van der Waals surface area contributed by atoms with Gasteiger partial charge in [0.2, 0.25) is 0 Å². The van der Waals surface area contributed by atoms with Crippen molar-refractivity contribution in [3.8, 4) is 0 Å². The number of rotatable bonds is 3. The molecule has 0 amide bonds. The van der Waals surface area contributed by atoms with Gasteiger partial charge in [0.1, 0.15) is 5.15 Å². The van der Waals surface area contributed by atoms with E-state index in [-0.39, 0.29) is 5.41 Å². The van der Waals surface area contributed by atoms with Crippen molar-refractivity contribution in [2.75, 3.05) is 6.61 Å². The molecule has 0 aliphatic heterocycles. The number of pyridine rings is 1. The Hall–Kier alpha value is -0.350. The molecule has 1 fully saturated rings. The van der Waals surface area contributed by atoms with Crippen molar-refractivity contribution < 1.29 is 4.84 Å². The predicted molar refractivity (Wildman–Crippen MR) is 55.3 cm³/mol. The van der Waals surface area contributed by atoms with Gasteiger partial charge in [0.05, 0.1) is 11.6 Å². The third kappa shape index (κ3) is 1.73. The third-order valence-electron chi connectivity index (χ3n) is 2.62. The Morgan fingerprint density at radius 3 is 2.71 bits per heavy atom. The van der Waals surface area contributed by atoms with Crippen molar-refractivity contribution >= 4 is 23.2 Å². The molecular formula is C9H10Cl2N2O. The molecule has 1 aliphatic carbocycles. The molecule has 3 nitrogen and oxygen atoms in total. The molecule has 5 heteroatoms. The lowest BCUT2D eigenvalue weighted by molar-refractivity contribution is 0.116. The van der Waals surface area contributed by atoms with Crippen LogP contribution in [0.1, 0.15) is 18.4 Å². The van der Waals surface area contributed by atoms with E-state index in [9.17, 15) is 0 Å². The predicted octanol–water partition coefficient (Wildman–Crippen LogP) is 2.31. The Bertz CT molecular complexity index is 353. The van der Waals surface area contributed by atoms with E-state index in [1.807, 2.05) is 6.07 Å². The first-order valence-corrected chi connectivity index (χ1v) is 5.07. The van der Waals surface area contributed by atoms with Crippen molar-refractivity contribution in [3.63, 3.8) is 0 Å². The van der Waals surface area contributed by atoms with Gasteiger partial charge >= 0.3 is 0 Å². The molecule has 0 radical (unpaired) electrons. The van der Waals surface area contributed by atoms with Crippen LogP contribution in [0.25, 0.3) is 0 Å². The Morgan fingerprint density at radius 2 is 2.21 bits per heavy atom. The van der Waals surface area contributed by atoms with E-state index in [4.69, 9.17) is 29.1 Å². The molecule has 76 valence electrons. The quantitative estimate of drug-likeness (QED) is 0.643. The number of nitrogens with two attached hydrogens (primary N) is 1. The van der Waals surface area contributed by atoms with Crippen molar-refractivity contribution in [2.24, 2.45) is 5.90 Å². The molecule has 1 heterocycles. The Morgan fingerprint density at radius 1 is 1.50 bits per heavy atom. The number of hydrogen-bond acceptors (Lipinski definition) is 3. The van der Waals surface area contributed by atoms with Gasteiger partial charge in [0.25, 0.3) is 0 Å². The molecule has 1 aromatic rings. The maximum absolute atomic E-state index is 5.88. The van der Waals surface area contributed by atoms with Crippen LogP contribution >= 0.6 is 23.2 Å². The molecule has 2 N–H and O–H groups in total. The number of nitrogens with zero attached hydrogens (tertiary/aromatic N) is 1. The molecule has 0 spiro atoms. The minimum Gasteiger partial charge on any atom is -0.304 e. The molecule has 1 saturated carbocycles. The van der Waals surface area contributed by atoms with Gasteiger partial charge in [-0.15, -0.1) is 0 Å². The second-order valence-corrected chi connectivity index (χ2v) is 4.35. The smallest absolute Gasteiger partial charge is 0.147 e. The summed E-state index contributed by atoms with van der Waals surface area (Å²) >= 11 is 11.6.